The maximum Gasteiger partial charge on any atom is 0.313 e. The molecule has 0 heterocycles. The van der Waals surface area contributed by atoms with Crippen molar-refractivity contribution in [3.63, 3.8) is 0 Å². The Balaban J connectivity index is 1.30. The number of nitrogens with one attached hydrogen (secondary N) is 1. The molecule has 0 bridgehead atoms. The van der Waals surface area contributed by atoms with Gasteiger partial charge in [0.05, 0.1) is 18.1 Å². The number of esters is 1. The Morgan fingerprint density at radius 3 is 2.38 bits per heavy atom. The van der Waals surface area contributed by atoms with E-state index in [0.29, 0.717) is 24.7 Å². The minimum atomic E-state index is -0.287. The van der Waals surface area contributed by atoms with Crippen molar-refractivity contribution in [2.75, 3.05) is 13.2 Å². The molecule has 0 saturated heterocycles. The van der Waals surface area contributed by atoms with Gasteiger partial charge in [-0.1, -0.05) is 39.0 Å². The molecule has 174 valence electrons. The van der Waals surface area contributed by atoms with Gasteiger partial charge in [-0.2, -0.15) is 0 Å². The number of carbonyl (C=O) groups is 1. The minimum absolute atomic E-state index is 0.0505. The Bertz CT molecular complexity index is 933. The van der Waals surface area contributed by atoms with Crippen molar-refractivity contribution in [2.45, 2.75) is 78.9 Å². The van der Waals surface area contributed by atoms with Gasteiger partial charge < -0.3 is 14.8 Å². The van der Waals surface area contributed by atoms with Crippen LogP contribution in [0.2, 0.25) is 0 Å². The number of fused-ring (bicyclic) bond motifs is 1. The van der Waals surface area contributed by atoms with Gasteiger partial charge >= 0.3 is 5.97 Å². The van der Waals surface area contributed by atoms with E-state index in [1.54, 1.807) is 0 Å². The third kappa shape index (κ3) is 5.46. The van der Waals surface area contributed by atoms with E-state index in [9.17, 15) is 4.79 Å². The van der Waals surface area contributed by atoms with E-state index >= 15 is 0 Å². The average Bonchev–Trinajstić information content (AvgIpc) is 3.55. The maximum atomic E-state index is 12.1. The van der Waals surface area contributed by atoms with E-state index in [1.165, 1.54) is 29.2 Å². The summed E-state index contributed by atoms with van der Waals surface area (Å²) in [6, 6.07) is 13.0. The Hall–Kier alpha value is -2.07. The van der Waals surface area contributed by atoms with Crippen molar-refractivity contribution < 1.29 is 14.3 Å². The highest BCUT2D eigenvalue weighted by Gasteiger charge is 2.50. The lowest BCUT2D eigenvalue weighted by atomic mass is 9.72. The Kier molecular flexibility index (Phi) is 6.80. The molecular formula is C28H39NO3. The molecule has 2 aromatic rings. The normalized spacial score (nSPS) is 22.5. The first-order valence-electron chi connectivity index (χ1n) is 12.4. The molecule has 0 unspecified atom stereocenters. The van der Waals surface area contributed by atoms with Crippen LogP contribution in [-0.2, 0) is 16.1 Å². The molecule has 0 aliphatic heterocycles. The molecule has 2 aromatic carbocycles. The van der Waals surface area contributed by atoms with Crippen molar-refractivity contribution in [1.29, 1.82) is 0 Å². The summed E-state index contributed by atoms with van der Waals surface area (Å²) in [5, 5.41) is 5.89. The summed E-state index contributed by atoms with van der Waals surface area (Å²) in [4.78, 5) is 12.1. The van der Waals surface area contributed by atoms with Crippen LogP contribution in [-0.4, -0.2) is 25.2 Å². The number of benzene rings is 2. The SMILES string of the molecule is CCOC(=O)C1(CNCc2ccc3cc(OC4CCC(C(C)(C)C)CC4)ccc3c2)CC1. The average molecular weight is 438 g/mol. The highest BCUT2D eigenvalue weighted by Crippen LogP contribution is 2.46. The smallest absolute Gasteiger partial charge is 0.313 e. The minimum Gasteiger partial charge on any atom is -0.490 e. The molecule has 1 N–H and O–H groups in total. The molecule has 4 rings (SSSR count). The highest BCUT2D eigenvalue weighted by atomic mass is 16.5. The number of rotatable bonds is 8. The van der Waals surface area contributed by atoms with Crippen LogP contribution in [0, 0.1) is 16.7 Å². The molecule has 0 amide bonds. The number of hydrogen-bond acceptors (Lipinski definition) is 4. The van der Waals surface area contributed by atoms with E-state index < -0.39 is 0 Å². The van der Waals surface area contributed by atoms with Gasteiger partial charge in [0.1, 0.15) is 5.75 Å². The molecule has 2 saturated carbocycles. The molecule has 2 fully saturated rings. The molecule has 0 radical (unpaired) electrons. The number of ether oxygens (including phenoxy) is 2. The van der Waals surface area contributed by atoms with Crippen molar-refractivity contribution in [3.05, 3.63) is 42.0 Å². The fourth-order valence-corrected chi connectivity index (χ4v) is 5.03. The molecular weight excluding hydrogens is 398 g/mol. The Morgan fingerprint density at radius 2 is 1.72 bits per heavy atom. The van der Waals surface area contributed by atoms with E-state index in [4.69, 9.17) is 9.47 Å². The second kappa shape index (κ2) is 9.43. The van der Waals surface area contributed by atoms with Crippen LogP contribution in [0.4, 0.5) is 0 Å². The van der Waals surface area contributed by atoms with Gasteiger partial charge in [-0.05, 0) is 91.3 Å². The quantitative estimate of drug-likeness (QED) is 0.495. The maximum absolute atomic E-state index is 12.1. The fourth-order valence-electron chi connectivity index (χ4n) is 5.03. The molecule has 0 atom stereocenters. The van der Waals surface area contributed by atoms with Crippen molar-refractivity contribution in [1.82, 2.24) is 5.32 Å². The standard InChI is InChI=1S/C28H39NO3/c1-5-31-26(30)28(14-15-28)19-29-18-20-6-7-22-17-25(11-8-21(22)16-20)32-24-12-9-23(10-13-24)27(2,3)4/h6-8,11,16-17,23-24,29H,5,9-10,12-15,18-19H2,1-4H3. The monoisotopic (exact) mass is 437 g/mol. The van der Waals surface area contributed by atoms with Gasteiger partial charge in [0.2, 0.25) is 0 Å². The zero-order valence-corrected chi connectivity index (χ0v) is 20.2. The first-order valence-corrected chi connectivity index (χ1v) is 12.4. The van der Waals surface area contributed by atoms with Crippen molar-refractivity contribution in [2.24, 2.45) is 16.7 Å². The highest BCUT2D eigenvalue weighted by molar-refractivity contribution is 5.84. The lowest BCUT2D eigenvalue weighted by molar-refractivity contribution is -0.149. The zero-order chi connectivity index (χ0) is 22.8. The Morgan fingerprint density at radius 1 is 1.03 bits per heavy atom. The molecule has 4 nitrogen and oxygen atoms in total. The third-order valence-corrected chi connectivity index (χ3v) is 7.43. The van der Waals surface area contributed by atoms with Crippen LogP contribution in [0.5, 0.6) is 5.75 Å². The van der Waals surface area contributed by atoms with E-state index in [2.05, 4.69) is 62.5 Å². The number of hydrogen-bond donors (Lipinski definition) is 1. The summed E-state index contributed by atoms with van der Waals surface area (Å²) in [5.41, 5.74) is 1.34. The van der Waals surface area contributed by atoms with Gasteiger partial charge in [0.15, 0.2) is 0 Å². The summed E-state index contributed by atoms with van der Waals surface area (Å²) < 4.78 is 11.6. The van der Waals surface area contributed by atoms with Gasteiger partial charge in [-0.3, -0.25) is 4.79 Å². The molecule has 4 heteroatoms. The molecule has 0 spiro atoms. The van der Waals surface area contributed by atoms with Crippen LogP contribution in [0.3, 0.4) is 0 Å². The predicted octanol–water partition coefficient (Wildman–Crippen LogP) is 6.26. The summed E-state index contributed by atoms with van der Waals surface area (Å²) in [6.07, 6.45) is 7.01. The second-order valence-electron chi connectivity index (χ2n) is 10.9. The van der Waals surface area contributed by atoms with Gasteiger partial charge in [0, 0.05) is 13.1 Å². The van der Waals surface area contributed by atoms with E-state index in [0.717, 1.165) is 43.9 Å². The predicted molar refractivity (Wildman–Crippen MR) is 130 cm³/mol. The Labute approximate surface area is 193 Å². The largest absolute Gasteiger partial charge is 0.490 e. The van der Waals surface area contributed by atoms with Gasteiger partial charge in [-0.25, -0.2) is 0 Å². The van der Waals surface area contributed by atoms with Crippen molar-refractivity contribution in [3.8, 4) is 5.75 Å². The number of carbonyl (C=O) groups excluding carboxylic acids is 1. The van der Waals surface area contributed by atoms with Crippen LogP contribution in [0.1, 0.15) is 71.8 Å². The first-order chi connectivity index (χ1) is 15.3. The third-order valence-electron chi connectivity index (χ3n) is 7.43. The first kappa shape index (κ1) is 23.1. The van der Waals surface area contributed by atoms with Crippen LogP contribution in [0.25, 0.3) is 10.8 Å². The molecule has 0 aromatic heterocycles. The van der Waals surface area contributed by atoms with Crippen LogP contribution in [0.15, 0.2) is 36.4 Å². The van der Waals surface area contributed by atoms with Crippen molar-refractivity contribution >= 4 is 16.7 Å². The van der Waals surface area contributed by atoms with Crippen LogP contribution < -0.4 is 10.1 Å². The lowest BCUT2D eigenvalue weighted by Crippen LogP contribution is -2.31. The molecule has 2 aliphatic carbocycles. The fraction of sp³-hybridized carbons (Fsp3) is 0.607. The van der Waals surface area contributed by atoms with Gasteiger partial charge in [-0.15, -0.1) is 0 Å². The second-order valence-corrected chi connectivity index (χ2v) is 10.9. The van der Waals surface area contributed by atoms with Crippen LogP contribution >= 0.6 is 0 Å². The topological polar surface area (TPSA) is 47.6 Å². The summed E-state index contributed by atoms with van der Waals surface area (Å²) >= 11 is 0. The molecule has 32 heavy (non-hydrogen) atoms. The summed E-state index contributed by atoms with van der Waals surface area (Å²) in [6.45, 7) is 10.8. The lowest BCUT2D eigenvalue weighted by Gasteiger charge is -2.37. The summed E-state index contributed by atoms with van der Waals surface area (Å²) in [7, 11) is 0. The van der Waals surface area contributed by atoms with E-state index in [1.807, 2.05) is 6.92 Å². The molecule has 2 aliphatic rings. The van der Waals surface area contributed by atoms with Gasteiger partial charge in [0.25, 0.3) is 0 Å². The van der Waals surface area contributed by atoms with E-state index in [-0.39, 0.29) is 11.4 Å². The zero-order valence-electron chi connectivity index (χ0n) is 20.2. The summed E-state index contributed by atoms with van der Waals surface area (Å²) in [5.74, 6) is 1.73.